The van der Waals surface area contributed by atoms with Crippen LogP contribution in [0.2, 0.25) is 0 Å². The zero-order valence-corrected chi connectivity index (χ0v) is 5.38. The first-order valence-corrected chi connectivity index (χ1v) is 2.85. The summed E-state index contributed by atoms with van der Waals surface area (Å²) in [5.74, 6) is 0. The molecule has 0 spiro atoms. The molecule has 0 heterocycles. The zero-order chi connectivity index (χ0) is 7.44. The quantitative estimate of drug-likeness (QED) is 0.395. The highest BCUT2D eigenvalue weighted by molar-refractivity contribution is 7.74. The Morgan fingerprint density at radius 3 is 2.44 bits per heavy atom. The highest BCUT2D eigenvalue weighted by Crippen LogP contribution is 1.85. The minimum absolute atomic E-state index is 0.392. The highest BCUT2D eigenvalue weighted by Gasteiger charge is 2.01. The SMILES string of the molecule is CN(OS(=O)[O-])C(N)=O. The molecule has 0 saturated heterocycles. The Labute approximate surface area is 54.0 Å². The molecule has 0 aromatic heterocycles. The lowest BCUT2D eigenvalue weighted by Gasteiger charge is -2.13. The summed E-state index contributed by atoms with van der Waals surface area (Å²) in [4.78, 5) is 9.98. The van der Waals surface area contributed by atoms with Gasteiger partial charge in [-0.1, -0.05) is 0 Å². The van der Waals surface area contributed by atoms with Gasteiger partial charge in [-0.2, -0.15) is 9.35 Å². The Morgan fingerprint density at radius 2 is 2.33 bits per heavy atom. The van der Waals surface area contributed by atoms with E-state index in [2.05, 4.69) is 10.0 Å². The summed E-state index contributed by atoms with van der Waals surface area (Å²) in [6.07, 6.45) is 0. The molecule has 0 rings (SSSR count). The summed E-state index contributed by atoms with van der Waals surface area (Å²) >= 11 is -2.74. The average molecular weight is 153 g/mol. The fourth-order valence-corrected chi connectivity index (χ4v) is 0.384. The number of urea groups is 1. The van der Waals surface area contributed by atoms with E-state index < -0.39 is 17.4 Å². The van der Waals surface area contributed by atoms with Crippen molar-refractivity contribution < 1.29 is 17.8 Å². The first-order chi connectivity index (χ1) is 4.04. The van der Waals surface area contributed by atoms with Crippen LogP contribution in [0.3, 0.4) is 0 Å². The summed E-state index contributed by atoms with van der Waals surface area (Å²) in [5, 5.41) is 0.392. The van der Waals surface area contributed by atoms with Crippen molar-refractivity contribution in [2.75, 3.05) is 7.05 Å². The van der Waals surface area contributed by atoms with E-state index in [9.17, 15) is 13.6 Å². The third-order valence-corrected chi connectivity index (χ3v) is 0.828. The van der Waals surface area contributed by atoms with Crippen molar-refractivity contribution in [3.63, 3.8) is 0 Å². The molecule has 2 amide bonds. The largest absolute Gasteiger partial charge is 0.748 e. The Morgan fingerprint density at radius 1 is 1.89 bits per heavy atom. The zero-order valence-electron chi connectivity index (χ0n) is 4.57. The number of primary amides is 1. The van der Waals surface area contributed by atoms with Crippen molar-refractivity contribution in [1.29, 1.82) is 0 Å². The molecule has 0 fully saturated rings. The molecule has 0 aliphatic carbocycles. The van der Waals surface area contributed by atoms with E-state index in [4.69, 9.17) is 0 Å². The lowest BCUT2D eigenvalue weighted by atomic mass is 11.0. The molecule has 0 aliphatic rings. The summed E-state index contributed by atoms with van der Waals surface area (Å²) in [7, 11) is 1.08. The molecule has 0 saturated carbocycles. The number of amides is 2. The van der Waals surface area contributed by atoms with Crippen LogP contribution in [0.15, 0.2) is 0 Å². The Hall–Kier alpha value is -0.660. The Balaban J connectivity index is 3.63. The lowest BCUT2D eigenvalue weighted by Crippen LogP contribution is -2.32. The van der Waals surface area contributed by atoms with E-state index in [-0.39, 0.29) is 0 Å². The van der Waals surface area contributed by atoms with Gasteiger partial charge < -0.3 is 10.3 Å². The van der Waals surface area contributed by atoms with E-state index in [1.807, 2.05) is 0 Å². The van der Waals surface area contributed by atoms with Gasteiger partial charge in [0.1, 0.15) is 11.4 Å². The lowest BCUT2D eigenvalue weighted by molar-refractivity contribution is 0.0209. The fraction of sp³-hybridized carbons (Fsp3) is 0.500. The molecule has 0 aliphatic heterocycles. The van der Waals surface area contributed by atoms with Crippen molar-refractivity contribution >= 4 is 17.4 Å². The van der Waals surface area contributed by atoms with Crippen molar-refractivity contribution in [1.82, 2.24) is 5.06 Å². The van der Waals surface area contributed by atoms with Crippen LogP contribution in [0.25, 0.3) is 0 Å². The van der Waals surface area contributed by atoms with Crippen LogP contribution in [-0.4, -0.2) is 26.9 Å². The van der Waals surface area contributed by atoms with Crippen LogP contribution in [0.1, 0.15) is 0 Å². The van der Waals surface area contributed by atoms with Crippen LogP contribution < -0.4 is 5.73 Å². The van der Waals surface area contributed by atoms with Crippen LogP contribution in [-0.2, 0) is 15.6 Å². The minimum atomic E-state index is -2.74. The molecule has 0 bridgehead atoms. The van der Waals surface area contributed by atoms with Gasteiger partial charge in [0.2, 0.25) is 0 Å². The second-order valence-corrected chi connectivity index (χ2v) is 1.67. The maximum Gasteiger partial charge on any atom is 0.339 e. The molecular formula is C2H5N2O4S-. The van der Waals surface area contributed by atoms with Gasteiger partial charge in [0.15, 0.2) is 0 Å². The number of hydrogen-bond acceptors (Lipinski definition) is 4. The minimum Gasteiger partial charge on any atom is -0.748 e. The molecule has 7 heteroatoms. The molecule has 0 aromatic carbocycles. The predicted molar refractivity (Wildman–Crippen MR) is 27.4 cm³/mol. The van der Waals surface area contributed by atoms with Crippen LogP contribution in [0.4, 0.5) is 4.79 Å². The average Bonchev–Trinajstić information content (AvgIpc) is 1.63. The van der Waals surface area contributed by atoms with Gasteiger partial charge in [-0.25, -0.2) is 9.00 Å². The van der Waals surface area contributed by atoms with E-state index in [0.717, 1.165) is 7.05 Å². The number of carbonyl (C=O) groups excluding carboxylic acids is 1. The topological polar surface area (TPSA) is 95.7 Å². The van der Waals surface area contributed by atoms with Gasteiger partial charge in [-0.05, 0) is 0 Å². The summed E-state index contributed by atoms with van der Waals surface area (Å²) in [5.41, 5.74) is 4.57. The first-order valence-electron chi connectivity index (χ1n) is 1.85. The van der Waals surface area contributed by atoms with Gasteiger partial charge in [0.05, 0.1) is 0 Å². The molecule has 6 nitrogen and oxygen atoms in total. The molecule has 0 aromatic rings. The highest BCUT2D eigenvalue weighted by atomic mass is 32.2. The maximum atomic E-state index is 9.98. The van der Waals surface area contributed by atoms with Gasteiger partial charge >= 0.3 is 6.03 Å². The van der Waals surface area contributed by atoms with E-state index >= 15 is 0 Å². The molecule has 2 N–H and O–H groups in total. The number of hydrogen-bond donors (Lipinski definition) is 1. The predicted octanol–water partition coefficient (Wildman–Crippen LogP) is -1.28. The third kappa shape index (κ3) is 3.88. The van der Waals surface area contributed by atoms with Crippen LogP contribution >= 0.6 is 0 Å². The molecular weight excluding hydrogens is 148 g/mol. The monoisotopic (exact) mass is 153 g/mol. The summed E-state index contributed by atoms with van der Waals surface area (Å²) in [6, 6.07) is -0.973. The van der Waals surface area contributed by atoms with E-state index in [1.54, 1.807) is 0 Å². The summed E-state index contributed by atoms with van der Waals surface area (Å²) in [6.45, 7) is 0. The molecule has 1 unspecified atom stereocenters. The second-order valence-electron chi connectivity index (χ2n) is 1.11. The van der Waals surface area contributed by atoms with Crippen molar-refractivity contribution in [3.05, 3.63) is 0 Å². The summed E-state index contributed by atoms with van der Waals surface area (Å²) < 4.78 is 23.1. The molecule has 54 valence electrons. The van der Waals surface area contributed by atoms with Crippen LogP contribution in [0, 0.1) is 0 Å². The van der Waals surface area contributed by atoms with Crippen molar-refractivity contribution in [3.8, 4) is 0 Å². The molecule has 9 heavy (non-hydrogen) atoms. The molecule has 1 atom stereocenters. The normalized spacial score (nSPS) is 12.7. The van der Waals surface area contributed by atoms with Gasteiger partial charge in [0.25, 0.3) is 0 Å². The Kier molecular flexibility index (Phi) is 3.13. The maximum absolute atomic E-state index is 9.98. The number of nitrogens with two attached hydrogens (primary N) is 1. The van der Waals surface area contributed by atoms with Gasteiger partial charge in [0, 0.05) is 7.05 Å². The number of rotatable bonds is 2. The molecule has 0 radical (unpaired) electrons. The van der Waals surface area contributed by atoms with E-state index in [0.29, 0.717) is 5.06 Å². The van der Waals surface area contributed by atoms with Crippen molar-refractivity contribution in [2.24, 2.45) is 5.73 Å². The number of hydroxylamine groups is 2. The van der Waals surface area contributed by atoms with Gasteiger partial charge in [-0.3, -0.25) is 0 Å². The smallest absolute Gasteiger partial charge is 0.339 e. The second kappa shape index (κ2) is 3.38. The Bertz CT molecular complexity index is 137. The number of carbonyl (C=O) groups is 1. The van der Waals surface area contributed by atoms with Crippen molar-refractivity contribution in [2.45, 2.75) is 0 Å². The number of nitrogens with zero attached hydrogens (tertiary/aromatic N) is 1. The third-order valence-electron chi connectivity index (χ3n) is 0.483. The fourth-order valence-electron chi connectivity index (χ4n) is 0.128. The van der Waals surface area contributed by atoms with Crippen LogP contribution in [0.5, 0.6) is 0 Å². The van der Waals surface area contributed by atoms with Gasteiger partial charge in [-0.15, -0.1) is 0 Å². The first kappa shape index (κ1) is 8.34. The standard InChI is InChI=1S/C2H6N2O4S/c1-4(2(3)5)8-9(6)7/h1H3,(H2,3,5)(H,6,7)/p-1. The van der Waals surface area contributed by atoms with E-state index in [1.165, 1.54) is 0 Å².